The molecule has 2 aromatic rings. The summed E-state index contributed by atoms with van der Waals surface area (Å²) in [4.78, 5) is 8.75. The third-order valence-electron chi connectivity index (χ3n) is 2.82. The van der Waals surface area contributed by atoms with Gasteiger partial charge >= 0.3 is 0 Å². The number of benzene rings is 1. The minimum absolute atomic E-state index is 0.450. The molecule has 1 aromatic carbocycles. The number of hydrogen-bond donors (Lipinski definition) is 1. The van der Waals surface area contributed by atoms with E-state index in [0.29, 0.717) is 22.5 Å². The minimum Gasteiger partial charge on any atom is -0.310 e. The van der Waals surface area contributed by atoms with Crippen LogP contribution in [0.4, 0.5) is 0 Å². The molecule has 1 aromatic heterocycles. The van der Waals surface area contributed by atoms with E-state index in [9.17, 15) is 0 Å². The fourth-order valence-corrected chi connectivity index (χ4v) is 2.04. The Bertz CT molecular complexity index is 568. The van der Waals surface area contributed by atoms with Gasteiger partial charge in [0.25, 0.3) is 0 Å². The van der Waals surface area contributed by atoms with Gasteiger partial charge < -0.3 is 5.32 Å². The molecule has 0 aliphatic carbocycles. The average Bonchev–Trinajstić information content (AvgIpc) is 2.42. The van der Waals surface area contributed by atoms with E-state index < -0.39 is 0 Å². The van der Waals surface area contributed by atoms with Gasteiger partial charge in [-0.15, -0.1) is 0 Å². The maximum atomic E-state index is 6.00. The van der Waals surface area contributed by atoms with Crippen LogP contribution >= 0.6 is 23.2 Å². The molecule has 0 saturated heterocycles. The van der Waals surface area contributed by atoms with Crippen molar-refractivity contribution in [3.63, 3.8) is 0 Å². The Hall–Kier alpha value is -1.16. The lowest BCUT2D eigenvalue weighted by Crippen LogP contribution is -2.22. The summed E-state index contributed by atoms with van der Waals surface area (Å²) in [5, 5.41) is 4.45. The van der Waals surface area contributed by atoms with E-state index in [1.165, 1.54) is 0 Å². The van der Waals surface area contributed by atoms with Crippen molar-refractivity contribution in [2.45, 2.75) is 32.9 Å². The normalized spacial score (nSPS) is 11.1. The molecule has 0 saturated carbocycles. The van der Waals surface area contributed by atoms with Crippen molar-refractivity contribution in [2.24, 2.45) is 0 Å². The van der Waals surface area contributed by atoms with Gasteiger partial charge in [0.1, 0.15) is 5.82 Å². The zero-order valence-corrected chi connectivity index (χ0v) is 13.0. The summed E-state index contributed by atoms with van der Waals surface area (Å²) in [7, 11) is 0. The second kappa shape index (κ2) is 7.02. The Balaban J connectivity index is 2.01. The number of aromatic nitrogens is 2. The van der Waals surface area contributed by atoms with E-state index >= 15 is 0 Å². The van der Waals surface area contributed by atoms with Crippen LogP contribution in [0, 0.1) is 0 Å². The maximum absolute atomic E-state index is 6.00. The zero-order valence-electron chi connectivity index (χ0n) is 11.5. The van der Waals surface area contributed by atoms with Crippen LogP contribution in [0.15, 0.2) is 30.6 Å². The second-order valence-corrected chi connectivity index (χ2v) is 5.78. The fourth-order valence-electron chi connectivity index (χ4n) is 1.72. The van der Waals surface area contributed by atoms with Gasteiger partial charge in [0.05, 0.1) is 10.0 Å². The number of nitrogens with one attached hydrogen (secondary N) is 1. The molecular formula is C15H17Cl2N3. The van der Waals surface area contributed by atoms with Crippen molar-refractivity contribution in [3.8, 4) is 0 Å². The largest absolute Gasteiger partial charge is 0.310 e. The number of rotatable bonds is 5. The lowest BCUT2D eigenvalue weighted by molar-refractivity contribution is 0.586. The molecule has 0 radical (unpaired) electrons. The summed E-state index contributed by atoms with van der Waals surface area (Å²) >= 11 is 11.9. The minimum atomic E-state index is 0.450. The van der Waals surface area contributed by atoms with Gasteiger partial charge in [0.2, 0.25) is 0 Å². The van der Waals surface area contributed by atoms with E-state index in [0.717, 1.165) is 23.5 Å². The van der Waals surface area contributed by atoms with E-state index in [2.05, 4.69) is 29.1 Å². The molecule has 1 N–H and O–H groups in total. The molecule has 3 nitrogen and oxygen atoms in total. The van der Waals surface area contributed by atoms with Crippen LogP contribution in [0.5, 0.6) is 0 Å². The highest BCUT2D eigenvalue weighted by Crippen LogP contribution is 2.23. The van der Waals surface area contributed by atoms with Gasteiger partial charge in [-0.3, -0.25) is 0 Å². The Kier molecular flexibility index (Phi) is 5.35. The average molecular weight is 310 g/mol. The maximum Gasteiger partial charge on any atom is 0.132 e. The van der Waals surface area contributed by atoms with Crippen molar-refractivity contribution in [2.75, 3.05) is 0 Å². The van der Waals surface area contributed by atoms with Crippen LogP contribution in [0.25, 0.3) is 0 Å². The topological polar surface area (TPSA) is 37.8 Å². The third kappa shape index (κ3) is 4.44. The van der Waals surface area contributed by atoms with Crippen molar-refractivity contribution in [1.82, 2.24) is 15.3 Å². The summed E-state index contributed by atoms with van der Waals surface area (Å²) < 4.78 is 0. The molecule has 0 fully saturated rings. The highest BCUT2D eigenvalue weighted by molar-refractivity contribution is 6.42. The molecule has 0 atom stereocenters. The molecule has 0 amide bonds. The first-order valence-corrected chi connectivity index (χ1v) is 7.27. The van der Waals surface area contributed by atoms with Gasteiger partial charge in [0.15, 0.2) is 0 Å². The summed E-state index contributed by atoms with van der Waals surface area (Å²) in [5.41, 5.74) is 2.13. The molecule has 0 aliphatic rings. The Morgan fingerprint density at radius 3 is 2.35 bits per heavy atom. The van der Waals surface area contributed by atoms with Crippen LogP contribution in [0.3, 0.4) is 0 Å². The van der Waals surface area contributed by atoms with Crippen molar-refractivity contribution in [1.29, 1.82) is 0 Å². The predicted molar refractivity (Wildman–Crippen MR) is 83.3 cm³/mol. The molecular weight excluding hydrogens is 293 g/mol. The molecule has 106 valence electrons. The standard InChI is InChI=1S/C15H17Cl2N3/c1-10(2)18-7-12-8-19-15(20-9-12)6-11-3-4-13(16)14(17)5-11/h3-5,8-10,18H,6-7H2,1-2H3. The first kappa shape index (κ1) is 15.2. The quantitative estimate of drug-likeness (QED) is 0.911. The van der Waals surface area contributed by atoms with Crippen molar-refractivity contribution >= 4 is 23.2 Å². The van der Waals surface area contributed by atoms with Gasteiger partial charge in [-0.2, -0.15) is 0 Å². The summed E-state index contributed by atoms with van der Waals surface area (Å²) in [5.74, 6) is 0.775. The van der Waals surface area contributed by atoms with E-state index in [-0.39, 0.29) is 0 Å². The SMILES string of the molecule is CC(C)NCc1cnc(Cc2ccc(Cl)c(Cl)c2)nc1. The summed E-state index contributed by atoms with van der Waals surface area (Å²) in [6.07, 6.45) is 4.36. The summed E-state index contributed by atoms with van der Waals surface area (Å²) in [6.45, 7) is 5.00. The first-order chi connectivity index (χ1) is 9.54. The molecule has 0 aliphatic heterocycles. The van der Waals surface area contributed by atoms with Gasteiger partial charge in [-0.1, -0.05) is 43.1 Å². The van der Waals surface area contributed by atoms with Crippen molar-refractivity contribution < 1.29 is 0 Å². The Morgan fingerprint density at radius 1 is 1.05 bits per heavy atom. The molecule has 20 heavy (non-hydrogen) atoms. The van der Waals surface area contributed by atoms with Gasteiger partial charge in [0, 0.05) is 37.0 Å². The van der Waals surface area contributed by atoms with Crippen LogP contribution in [-0.2, 0) is 13.0 Å². The van der Waals surface area contributed by atoms with Gasteiger partial charge in [-0.25, -0.2) is 9.97 Å². The van der Waals surface area contributed by atoms with Crippen LogP contribution < -0.4 is 5.32 Å². The highest BCUT2D eigenvalue weighted by Gasteiger charge is 2.03. The van der Waals surface area contributed by atoms with Crippen molar-refractivity contribution in [3.05, 3.63) is 57.6 Å². The van der Waals surface area contributed by atoms with Gasteiger partial charge in [-0.05, 0) is 17.7 Å². The first-order valence-electron chi connectivity index (χ1n) is 6.51. The number of nitrogens with zero attached hydrogens (tertiary/aromatic N) is 2. The number of halogens is 2. The fraction of sp³-hybridized carbons (Fsp3) is 0.333. The molecule has 1 heterocycles. The van der Waals surface area contributed by atoms with Crippen LogP contribution in [0.1, 0.15) is 30.8 Å². The number of hydrogen-bond acceptors (Lipinski definition) is 3. The van der Waals surface area contributed by atoms with Crippen LogP contribution in [-0.4, -0.2) is 16.0 Å². The summed E-state index contributed by atoms with van der Waals surface area (Å²) in [6, 6.07) is 6.03. The molecule has 0 spiro atoms. The molecule has 2 rings (SSSR count). The second-order valence-electron chi connectivity index (χ2n) is 4.97. The smallest absolute Gasteiger partial charge is 0.132 e. The third-order valence-corrected chi connectivity index (χ3v) is 3.56. The van der Waals surface area contributed by atoms with Crippen LogP contribution in [0.2, 0.25) is 10.0 Å². The van der Waals surface area contributed by atoms with E-state index in [4.69, 9.17) is 23.2 Å². The zero-order chi connectivity index (χ0) is 14.5. The van der Waals surface area contributed by atoms with E-state index in [1.54, 1.807) is 6.07 Å². The molecule has 0 unspecified atom stereocenters. The lowest BCUT2D eigenvalue weighted by atomic mass is 10.1. The Morgan fingerprint density at radius 2 is 1.75 bits per heavy atom. The lowest BCUT2D eigenvalue weighted by Gasteiger charge is -2.08. The molecule has 5 heteroatoms. The monoisotopic (exact) mass is 309 g/mol. The Labute approximate surface area is 129 Å². The highest BCUT2D eigenvalue weighted by atomic mass is 35.5. The predicted octanol–water partition coefficient (Wildman–Crippen LogP) is 3.87. The molecule has 0 bridgehead atoms. The van der Waals surface area contributed by atoms with E-state index in [1.807, 2.05) is 24.5 Å².